The average Bonchev–Trinajstić information content (AvgIpc) is 2.62. The molecular weight excluding hydrogens is 244 g/mol. The van der Waals surface area contributed by atoms with E-state index in [1.165, 1.54) is 11.3 Å². The second-order valence-corrected chi connectivity index (χ2v) is 4.90. The molecule has 6 heteroatoms. The summed E-state index contributed by atoms with van der Waals surface area (Å²) < 4.78 is 26.8. The molecule has 0 saturated carbocycles. The van der Waals surface area contributed by atoms with Gasteiger partial charge in [0.2, 0.25) is 0 Å². The van der Waals surface area contributed by atoms with Crippen LogP contribution in [0.4, 0.5) is 20.2 Å². The highest BCUT2D eigenvalue weighted by molar-refractivity contribution is 7.11. The largest absolute Gasteiger partial charge is 0.399 e. The van der Waals surface area contributed by atoms with E-state index in [-0.39, 0.29) is 17.9 Å². The molecule has 0 aliphatic carbocycles. The van der Waals surface area contributed by atoms with Crippen LogP contribution in [0.25, 0.3) is 0 Å². The van der Waals surface area contributed by atoms with E-state index >= 15 is 0 Å². The number of hydrogen-bond donors (Lipinski definition) is 2. The van der Waals surface area contributed by atoms with Crippen LogP contribution in [0, 0.1) is 18.6 Å². The number of nitrogens with zero attached hydrogens (tertiary/aromatic N) is 1. The maximum atomic E-state index is 13.4. The van der Waals surface area contributed by atoms with Crippen LogP contribution < -0.4 is 11.1 Å². The van der Waals surface area contributed by atoms with E-state index in [0.29, 0.717) is 0 Å². The number of hydrogen-bond acceptors (Lipinski definition) is 4. The van der Waals surface area contributed by atoms with Gasteiger partial charge in [0.25, 0.3) is 0 Å². The van der Waals surface area contributed by atoms with E-state index in [9.17, 15) is 8.78 Å². The van der Waals surface area contributed by atoms with Crippen LogP contribution in [0.3, 0.4) is 0 Å². The van der Waals surface area contributed by atoms with Crippen LogP contribution in [0.15, 0.2) is 18.3 Å². The lowest BCUT2D eigenvalue weighted by Gasteiger charge is -2.07. The maximum Gasteiger partial charge on any atom is 0.151 e. The minimum absolute atomic E-state index is 0.0654. The molecule has 0 amide bonds. The number of rotatable bonds is 3. The van der Waals surface area contributed by atoms with Gasteiger partial charge < -0.3 is 11.1 Å². The van der Waals surface area contributed by atoms with E-state index in [1.54, 1.807) is 6.20 Å². The second kappa shape index (κ2) is 4.67. The van der Waals surface area contributed by atoms with E-state index in [0.717, 1.165) is 22.0 Å². The van der Waals surface area contributed by atoms with Crippen molar-refractivity contribution < 1.29 is 8.78 Å². The predicted molar refractivity (Wildman–Crippen MR) is 64.9 cm³/mol. The molecule has 0 unspecified atom stereocenters. The summed E-state index contributed by atoms with van der Waals surface area (Å²) in [6.45, 7) is 2.21. The summed E-state index contributed by atoms with van der Waals surface area (Å²) >= 11 is 1.48. The Morgan fingerprint density at radius 1 is 1.35 bits per heavy atom. The molecule has 0 radical (unpaired) electrons. The van der Waals surface area contributed by atoms with Crippen molar-refractivity contribution in [2.24, 2.45) is 0 Å². The van der Waals surface area contributed by atoms with Gasteiger partial charge in [-0.2, -0.15) is 0 Å². The fraction of sp³-hybridized carbons (Fsp3) is 0.182. The Kier molecular flexibility index (Phi) is 3.23. The highest BCUT2D eigenvalue weighted by atomic mass is 32.1. The first-order valence-electron chi connectivity index (χ1n) is 4.96. The van der Waals surface area contributed by atoms with Crippen molar-refractivity contribution in [2.75, 3.05) is 11.1 Å². The summed E-state index contributed by atoms with van der Waals surface area (Å²) in [6, 6.07) is 2.16. The lowest BCUT2D eigenvalue weighted by molar-refractivity contribution is 0.589. The van der Waals surface area contributed by atoms with Crippen molar-refractivity contribution in [1.29, 1.82) is 0 Å². The molecule has 1 aromatic carbocycles. The normalized spacial score (nSPS) is 10.5. The minimum Gasteiger partial charge on any atom is -0.399 e. The zero-order chi connectivity index (χ0) is 12.4. The standard InChI is InChI=1S/C11H11F2N3S/c1-6-4-15-10(17-6)5-16-11-8(12)2-7(14)3-9(11)13/h2-4,16H,5,14H2,1H3. The first kappa shape index (κ1) is 11.8. The number of nitrogens with one attached hydrogen (secondary N) is 1. The van der Waals surface area contributed by atoms with E-state index < -0.39 is 11.6 Å². The number of nitrogens with two attached hydrogens (primary N) is 1. The molecule has 3 N–H and O–H groups in total. The zero-order valence-corrected chi connectivity index (χ0v) is 9.94. The Morgan fingerprint density at radius 2 is 2.00 bits per heavy atom. The lowest BCUT2D eigenvalue weighted by Crippen LogP contribution is -2.04. The van der Waals surface area contributed by atoms with Crippen LogP contribution in [0.1, 0.15) is 9.88 Å². The Balaban J connectivity index is 2.14. The first-order chi connectivity index (χ1) is 8.06. The quantitative estimate of drug-likeness (QED) is 0.829. The Bertz CT molecular complexity index is 516. The molecule has 3 nitrogen and oxygen atoms in total. The number of benzene rings is 1. The Morgan fingerprint density at radius 3 is 2.53 bits per heavy atom. The van der Waals surface area contributed by atoms with Crippen LogP contribution >= 0.6 is 11.3 Å². The van der Waals surface area contributed by atoms with Gasteiger partial charge in [-0.3, -0.25) is 0 Å². The number of halogens is 2. The fourth-order valence-corrected chi connectivity index (χ4v) is 2.14. The summed E-state index contributed by atoms with van der Waals surface area (Å²) in [4.78, 5) is 5.15. The van der Waals surface area contributed by atoms with E-state index in [1.807, 2.05) is 6.92 Å². The van der Waals surface area contributed by atoms with Gasteiger partial charge in [-0.05, 0) is 19.1 Å². The molecule has 0 aliphatic heterocycles. The highest BCUT2D eigenvalue weighted by Crippen LogP contribution is 2.23. The second-order valence-electron chi connectivity index (χ2n) is 3.58. The van der Waals surface area contributed by atoms with Gasteiger partial charge >= 0.3 is 0 Å². The average molecular weight is 255 g/mol. The van der Waals surface area contributed by atoms with Gasteiger partial charge in [0.05, 0.1) is 6.54 Å². The molecular formula is C11H11F2N3S. The third-order valence-corrected chi connectivity index (χ3v) is 3.06. The molecule has 2 rings (SSSR count). The summed E-state index contributed by atoms with van der Waals surface area (Å²) in [6.07, 6.45) is 1.72. The number of aromatic nitrogens is 1. The molecule has 17 heavy (non-hydrogen) atoms. The van der Waals surface area contributed by atoms with Crippen LogP contribution in [0.5, 0.6) is 0 Å². The number of thiazole rings is 1. The van der Waals surface area contributed by atoms with Crippen molar-refractivity contribution in [1.82, 2.24) is 4.98 Å². The summed E-state index contributed by atoms with van der Waals surface area (Å²) in [5, 5.41) is 3.46. The van der Waals surface area contributed by atoms with E-state index in [4.69, 9.17) is 5.73 Å². The van der Waals surface area contributed by atoms with Gasteiger partial charge in [-0.25, -0.2) is 13.8 Å². The summed E-state index contributed by atoms with van der Waals surface area (Å²) in [5.41, 5.74) is 5.21. The molecule has 0 bridgehead atoms. The van der Waals surface area contributed by atoms with Crippen molar-refractivity contribution in [3.05, 3.63) is 39.8 Å². The molecule has 0 atom stereocenters. The molecule has 2 aromatic rings. The minimum atomic E-state index is -0.698. The van der Waals surface area contributed by atoms with Crippen molar-refractivity contribution in [3.8, 4) is 0 Å². The van der Waals surface area contributed by atoms with Crippen LogP contribution in [-0.4, -0.2) is 4.98 Å². The number of aryl methyl sites for hydroxylation is 1. The topological polar surface area (TPSA) is 50.9 Å². The summed E-state index contributed by atoms with van der Waals surface area (Å²) in [7, 11) is 0. The predicted octanol–water partition coefficient (Wildman–Crippen LogP) is 2.92. The Labute approximate surface area is 101 Å². The molecule has 0 fully saturated rings. The fourth-order valence-electron chi connectivity index (χ4n) is 1.41. The molecule has 1 heterocycles. The molecule has 1 aromatic heterocycles. The zero-order valence-electron chi connectivity index (χ0n) is 9.13. The molecule has 0 spiro atoms. The molecule has 0 aliphatic rings. The van der Waals surface area contributed by atoms with Crippen molar-refractivity contribution in [2.45, 2.75) is 13.5 Å². The lowest BCUT2D eigenvalue weighted by atomic mass is 10.2. The third-order valence-electron chi connectivity index (χ3n) is 2.15. The molecule has 90 valence electrons. The summed E-state index contributed by atoms with van der Waals surface area (Å²) in [5.74, 6) is -1.40. The van der Waals surface area contributed by atoms with Gasteiger partial charge in [0.15, 0.2) is 11.6 Å². The monoisotopic (exact) mass is 255 g/mol. The van der Waals surface area contributed by atoms with Gasteiger partial charge in [-0.15, -0.1) is 11.3 Å². The SMILES string of the molecule is Cc1cnc(CNc2c(F)cc(N)cc2F)s1. The molecule has 0 saturated heterocycles. The maximum absolute atomic E-state index is 13.4. The van der Waals surface area contributed by atoms with Gasteiger partial charge in [0.1, 0.15) is 10.7 Å². The van der Waals surface area contributed by atoms with Gasteiger partial charge in [0, 0.05) is 16.8 Å². The van der Waals surface area contributed by atoms with E-state index in [2.05, 4.69) is 10.3 Å². The number of nitrogen functional groups attached to an aromatic ring is 1. The van der Waals surface area contributed by atoms with Crippen molar-refractivity contribution in [3.63, 3.8) is 0 Å². The van der Waals surface area contributed by atoms with Crippen LogP contribution in [0.2, 0.25) is 0 Å². The van der Waals surface area contributed by atoms with Crippen molar-refractivity contribution >= 4 is 22.7 Å². The Hall–Kier alpha value is -1.69. The smallest absolute Gasteiger partial charge is 0.151 e. The third kappa shape index (κ3) is 2.71. The van der Waals surface area contributed by atoms with Crippen LogP contribution in [-0.2, 0) is 6.54 Å². The highest BCUT2D eigenvalue weighted by Gasteiger charge is 2.10. The number of anilines is 2. The van der Waals surface area contributed by atoms with Gasteiger partial charge in [-0.1, -0.05) is 0 Å². The first-order valence-corrected chi connectivity index (χ1v) is 5.77.